The average molecular weight is 918 g/mol. The summed E-state index contributed by atoms with van der Waals surface area (Å²) < 4.78 is 96.2. The van der Waals surface area contributed by atoms with E-state index in [2.05, 4.69) is 56.2 Å². The molecule has 7 unspecified atom stereocenters. The van der Waals surface area contributed by atoms with Crippen molar-refractivity contribution in [1.82, 2.24) is 9.80 Å². The fraction of sp³-hybridized carbons (Fsp3) is 0.600. The second-order valence-electron chi connectivity index (χ2n) is 11.6. The second kappa shape index (κ2) is 16.1. The van der Waals surface area contributed by atoms with Gasteiger partial charge in [-0.2, -0.15) is 27.2 Å². The Morgan fingerprint density at radius 3 is 1.25 bits per heavy atom. The highest BCUT2D eigenvalue weighted by molar-refractivity contribution is 7.71. The van der Waals surface area contributed by atoms with Crippen LogP contribution in [0.3, 0.4) is 0 Å². The van der Waals surface area contributed by atoms with Crippen molar-refractivity contribution >= 4 is 88.0 Å². The van der Waals surface area contributed by atoms with E-state index in [9.17, 15) is 77.3 Å². The minimum atomic E-state index is -6.47. The van der Waals surface area contributed by atoms with Gasteiger partial charge in [-0.3, -0.25) is 38.4 Å². The monoisotopic (exact) mass is 918 g/mol. The number of carbonyl (C=O) groups is 2. The third kappa shape index (κ3) is 9.91. The van der Waals surface area contributed by atoms with Crippen molar-refractivity contribution in [3.8, 4) is 0 Å². The molecular formula is C20H27N8O24P5. The first-order valence-corrected chi connectivity index (χ1v) is 22.6. The number of aliphatic hydroxyl groups is 4. The number of rotatable bonds is 16. The lowest BCUT2D eigenvalue weighted by molar-refractivity contribution is -0.118. The van der Waals surface area contributed by atoms with Crippen molar-refractivity contribution in [2.24, 2.45) is 30.0 Å². The molecule has 9 N–H and O–H groups in total. The predicted octanol–water partition coefficient (Wildman–Crippen LogP) is -4.16. The van der Waals surface area contributed by atoms with E-state index in [1.807, 2.05) is 0 Å². The molecule has 0 aliphatic carbocycles. The molecule has 0 spiro atoms. The highest BCUT2D eigenvalue weighted by Crippen LogP contribution is 2.73. The zero-order chi connectivity index (χ0) is 41.9. The van der Waals surface area contributed by atoms with Crippen LogP contribution in [0.15, 0.2) is 30.0 Å². The van der Waals surface area contributed by atoms with Gasteiger partial charge in [-0.15, -0.1) is 0 Å². The SMILES string of the molecule is O=C1N=CN=C2C1N=CN2[C@@H]1O[C@H](COP(=O)(O)OP(=O)(O)OP(=O)(O)OP(=O)(O)OP(=O)(O)OC[C@@H]2O[C@H](N3C=NC4C(=O)N=CN=C43)[C@@H](O)[C@H]2O)[C@@H](O)[C@H]1O. The van der Waals surface area contributed by atoms with E-state index < -0.39 is 125 Å². The van der Waals surface area contributed by atoms with Gasteiger partial charge < -0.3 is 54.4 Å². The van der Waals surface area contributed by atoms with Gasteiger partial charge in [-0.05, 0) is 0 Å². The maximum atomic E-state index is 12.4. The lowest BCUT2D eigenvalue weighted by Crippen LogP contribution is -2.48. The highest BCUT2D eigenvalue weighted by Gasteiger charge is 2.53. The summed E-state index contributed by atoms with van der Waals surface area (Å²) in [6.45, 7) is -2.41. The Morgan fingerprint density at radius 1 is 0.561 bits per heavy atom. The van der Waals surface area contributed by atoms with Crippen LogP contribution in [0, 0.1) is 0 Å². The van der Waals surface area contributed by atoms with Gasteiger partial charge in [0.25, 0.3) is 11.8 Å². The quantitative estimate of drug-likeness (QED) is 0.0663. The fourth-order valence-electron chi connectivity index (χ4n) is 5.40. The summed E-state index contributed by atoms with van der Waals surface area (Å²) in [7, 11) is -31.0. The van der Waals surface area contributed by atoms with Crippen molar-refractivity contribution in [2.45, 2.75) is 61.2 Å². The molecule has 0 radical (unpaired) electrons. The number of hydrogen-bond acceptors (Lipinski definition) is 25. The molecule has 0 aromatic rings. The molecule has 32 nitrogen and oxygen atoms in total. The van der Waals surface area contributed by atoms with Crippen LogP contribution in [0.4, 0.5) is 0 Å². The van der Waals surface area contributed by atoms with Crippen molar-refractivity contribution < 1.29 is 113 Å². The van der Waals surface area contributed by atoms with Crippen LogP contribution < -0.4 is 0 Å². The van der Waals surface area contributed by atoms with Crippen molar-refractivity contribution in [1.29, 1.82) is 0 Å². The Balaban J connectivity index is 0.978. The number of phosphoric acid groups is 5. The van der Waals surface area contributed by atoms with Gasteiger partial charge in [0.15, 0.2) is 24.5 Å². The molecule has 15 atom stereocenters. The number of carbonyl (C=O) groups excluding carboxylic acids is 2. The van der Waals surface area contributed by atoms with E-state index in [-0.39, 0.29) is 11.7 Å². The predicted molar refractivity (Wildman–Crippen MR) is 177 cm³/mol. The first kappa shape index (κ1) is 44.0. The van der Waals surface area contributed by atoms with Gasteiger partial charge in [-0.1, -0.05) is 0 Å². The topological polar surface area (TPSA) is 456 Å². The summed E-state index contributed by atoms with van der Waals surface area (Å²) in [6.07, 6.45) is -9.96. The Labute approximate surface area is 315 Å². The summed E-state index contributed by atoms with van der Waals surface area (Å²) >= 11 is 0. The van der Waals surface area contributed by atoms with E-state index in [1.165, 1.54) is 0 Å². The summed E-state index contributed by atoms with van der Waals surface area (Å²) in [6, 6.07) is -2.35. The molecule has 316 valence electrons. The maximum absolute atomic E-state index is 12.4. The lowest BCUT2D eigenvalue weighted by Gasteiger charge is -2.26. The molecule has 2 amide bonds. The number of aliphatic imine (C=N–C) groups is 6. The molecule has 37 heteroatoms. The molecule has 57 heavy (non-hydrogen) atoms. The summed E-state index contributed by atoms with van der Waals surface area (Å²) in [4.78, 5) is 97.4. The van der Waals surface area contributed by atoms with Crippen LogP contribution in [0.25, 0.3) is 0 Å². The van der Waals surface area contributed by atoms with Crippen molar-refractivity contribution in [2.75, 3.05) is 13.2 Å². The number of hydrogen-bond donors (Lipinski definition) is 9. The van der Waals surface area contributed by atoms with E-state index >= 15 is 0 Å². The van der Waals surface area contributed by atoms with Crippen LogP contribution >= 0.6 is 39.1 Å². The zero-order valence-electron chi connectivity index (χ0n) is 27.5. The lowest BCUT2D eigenvalue weighted by atomic mass is 10.1. The molecule has 0 saturated carbocycles. The number of aliphatic hydroxyl groups excluding tert-OH is 4. The molecule has 0 aromatic heterocycles. The number of fused-ring (bicyclic) bond motifs is 2. The average Bonchev–Trinajstić information content (AvgIpc) is 3.83. The highest BCUT2D eigenvalue weighted by atomic mass is 31.3. The Bertz CT molecular complexity index is 1960. The van der Waals surface area contributed by atoms with Gasteiger partial charge in [0.2, 0.25) is 0 Å². The molecule has 2 saturated heterocycles. The minimum Gasteiger partial charge on any atom is -0.387 e. The van der Waals surface area contributed by atoms with Gasteiger partial charge in [0, 0.05) is 0 Å². The van der Waals surface area contributed by atoms with E-state index in [0.717, 1.165) is 35.2 Å². The molecule has 6 aliphatic heterocycles. The normalized spacial score (nSPS) is 37.2. The molecular weight excluding hydrogens is 891 g/mol. The van der Waals surface area contributed by atoms with Crippen molar-refractivity contribution in [3.63, 3.8) is 0 Å². The van der Waals surface area contributed by atoms with Crippen LogP contribution in [0.5, 0.6) is 0 Å². The number of ether oxygens (including phenoxy) is 2. The van der Waals surface area contributed by atoms with Crippen molar-refractivity contribution in [3.05, 3.63) is 0 Å². The van der Waals surface area contributed by atoms with Crippen LogP contribution in [-0.2, 0) is 68.2 Å². The maximum Gasteiger partial charge on any atom is 0.490 e. The van der Waals surface area contributed by atoms with Gasteiger partial charge in [0.1, 0.15) is 61.0 Å². The molecule has 6 aliphatic rings. The van der Waals surface area contributed by atoms with Gasteiger partial charge in [-0.25, -0.2) is 32.8 Å². The van der Waals surface area contributed by atoms with E-state index in [4.69, 9.17) is 9.47 Å². The van der Waals surface area contributed by atoms with E-state index in [1.54, 1.807) is 0 Å². The molecule has 0 aromatic carbocycles. The number of nitrogens with zero attached hydrogens (tertiary/aromatic N) is 8. The Hall–Kier alpha value is -2.57. The number of amides is 2. The van der Waals surface area contributed by atoms with Gasteiger partial charge in [0.05, 0.1) is 25.9 Å². The van der Waals surface area contributed by atoms with Crippen LogP contribution in [-0.4, -0.2) is 178 Å². The molecule has 6 heterocycles. The van der Waals surface area contributed by atoms with E-state index in [0.29, 0.717) is 0 Å². The second-order valence-corrected chi connectivity index (χ2v) is 19.5. The number of amidine groups is 2. The molecule has 0 bridgehead atoms. The molecule has 6 rings (SSSR count). The Morgan fingerprint density at radius 2 is 0.895 bits per heavy atom. The number of phosphoric ester groups is 2. The summed E-state index contributed by atoms with van der Waals surface area (Å²) in [5.41, 5.74) is 0. The third-order valence-electron chi connectivity index (χ3n) is 7.77. The zero-order valence-corrected chi connectivity index (χ0v) is 31.9. The third-order valence-corrected chi connectivity index (χ3v) is 15.3. The first-order valence-electron chi connectivity index (χ1n) is 15.1. The molecule has 2 fully saturated rings. The first-order chi connectivity index (χ1) is 26.4. The van der Waals surface area contributed by atoms with Gasteiger partial charge >= 0.3 is 39.1 Å². The largest absolute Gasteiger partial charge is 0.490 e. The fourth-order valence-corrected chi connectivity index (χ4v) is 11.8. The Kier molecular flexibility index (Phi) is 12.4. The minimum absolute atomic E-state index is 0.0576. The summed E-state index contributed by atoms with van der Waals surface area (Å²) in [5, 5.41) is 41.6. The van der Waals surface area contributed by atoms with Crippen LogP contribution in [0.2, 0.25) is 0 Å². The van der Waals surface area contributed by atoms with Crippen LogP contribution in [0.1, 0.15) is 0 Å². The summed E-state index contributed by atoms with van der Waals surface area (Å²) in [5.74, 6) is -1.53. The standard InChI is InChI=1S/C20H27N8O24P5/c29-11-7(47-19(13(11)31)27-5-25-9-15(27)21-3-23-17(9)33)1-45-53(35,36)49-55(39,40)51-57(43,44)52-56(41,42)50-54(37,38)46-2-8-12(30)14(32)20(48-8)28-6-26-10-16(28)22-4-24-18(10)34/h3-14,19-20,29-32H,1-2H2,(H,35,36)(H,37,38)(H,39,40)(H,41,42)(H,43,44)/t7-,8+,9?,10?,11-,12+,13-,14+,19-,20+. The smallest absolute Gasteiger partial charge is 0.387 e.